The zero-order valence-electron chi connectivity index (χ0n) is 13.4. The Labute approximate surface area is 141 Å². The molecule has 0 aliphatic heterocycles. The number of rotatable bonds is 10. The molecule has 0 amide bonds. The van der Waals surface area contributed by atoms with Crippen molar-refractivity contribution in [3.63, 3.8) is 0 Å². The summed E-state index contributed by atoms with van der Waals surface area (Å²) in [5.74, 6) is -1.09. The molecule has 2 aromatic carbocycles. The van der Waals surface area contributed by atoms with E-state index in [9.17, 15) is 9.90 Å². The van der Waals surface area contributed by atoms with Gasteiger partial charge >= 0.3 is 5.97 Å². The minimum atomic E-state index is -1.56. The molecule has 2 N–H and O–H groups in total. The van der Waals surface area contributed by atoms with Crippen LogP contribution in [0.4, 0.5) is 0 Å². The highest BCUT2D eigenvalue weighted by molar-refractivity contribution is 5.68. The fraction of sp³-hybridized carbons (Fsp3) is 0.316. The summed E-state index contributed by atoms with van der Waals surface area (Å²) in [5.41, 5.74) is 0.357. The van der Waals surface area contributed by atoms with Crippen molar-refractivity contribution in [3.8, 4) is 0 Å². The lowest BCUT2D eigenvalue weighted by molar-refractivity contribution is -0.152. The molecule has 0 saturated carbocycles. The summed E-state index contributed by atoms with van der Waals surface area (Å²) in [5, 5.41) is 19.5. The standard InChI is InChI=1S/C19H22O5/c20-18(21)11-19(22,14-23-12-16-7-3-1-4-8-16)15-24-13-17-9-5-2-6-10-17/h1-10,22H,11-15H2,(H,20,21). The first kappa shape index (κ1) is 18.1. The molecule has 2 aromatic rings. The van der Waals surface area contributed by atoms with Crippen LogP contribution in [-0.2, 0) is 27.5 Å². The van der Waals surface area contributed by atoms with Gasteiger partial charge in [0.25, 0.3) is 0 Å². The van der Waals surface area contributed by atoms with E-state index < -0.39 is 18.0 Å². The molecule has 0 aliphatic rings. The second kappa shape index (κ2) is 9.17. The first-order valence-electron chi connectivity index (χ1n) is 7.75. The van der Waals surface area contributed by atoms with E-state index in [1.807, 2.05) is 60.7 Å². The maximum Gasteiger partial charge on any atom is 0.306 e. The second-order valence-electron chi connectivity index (χ2n) is 5.75. The topological polar surface area (TPSA) is 76.0 Å². The van der Waals surface area contributed by atoms with E-state index in [1.165, 1.54) is 0 Å². The maximum absolute atomic E-state index is 11.0. The molecule has 0 unspecified atom stereocenters. The summed E-state index contributed by atoms with van der Waals surface area (Å²) in [4.78, 5) is 11.0. The normalized spacial score (nSPS) is 11.4. The van der Waals surface area contributed by atoms with Gasteiger partial charge in [-0.3, -0.25) is 4.79 Å². The summed E-state index contributed by atoms with van der Waals surface area (Å²) in [6.07, 6.45) is -0.434. The van der Waals surface area contributed by atoms with Crippen molar-refractivity contribution in [2.24, 2.45) is 0 Å². The van der Waals surface area contributed by atoms with Crippen LogP contribution in [0.25, 0.3) is 0 Å². The number of hydrogen-bond acceptors (Lipinski definition) is 4. The Balaban J connectivity index is 1.84. The summed E-state index contributed by atoms with van der Waals surface area (Å²) in [6.45, 7) is 0.398. The van der Waals surface area contributed by atoms with Crippen LogP contribution in [0.15, 0.2) is 60.7 Å². The van der Waals surface area contributed by atoms with Gasteiger partial charge in [-0.15, -0.1) is 0 Å². The second-order valence-corrected chi connectivity index (χ2v) is 5.75. The third-order valence-corrected chi connectivity index (χ3v) is 3.44. The van der Waals surface area contributed by atoms with Gasteiger partial charge in [-0.05, 0) is 11.1 Å². The zero-order chi connectivity index (χ0) is 17.3. The molecular weight excluding hydrogens is 308 g/mol. The Morgan fingerprint density at radius 3 is 1.62 bits per heavy atom. The average Bonchev–Trinajstić information content (AvgIpc) is 2.56. The Morgan fingerprint density at radius 2 is 1.25 bits per heavy atom. The SMILES string of the molecule is O=C(O)CC(O)(COCc1ccccc1)COCc1ccccc1. The fourth-order valence-electron chi connectivity index (χ4n) is 2.29. The first-order valence-corrected chi connectivity index (χ1v) is 7.75. The quantitative estimate of drug-likeness (QED) is 0.700. The van der Waals surface area contributed by atoms with Crippen LogP contribution in [0.2, 0.25) is 0 Å². The number of aliphatic hydroxyl groups is 1. The largest absolute Gasteiger partial charge is 0.481 e. The molecule has 0 heterocycles. The number of benzene rings is 2. The molecule has 0 fully saturated rings. The van der Waals surface area contributed by atoms with Gasteiger partial charge in [0.05, 0.1) is 32.8 Å². The van der Waals surface area contributed by atoms with Gasteiger partial charge in [0.2, 0.25) is 0 Å². The Morgan fingerprint density at radius 1 is 0.833 bits per heavy atom. The van der Waals surface area contributed by atoms with E-state index in [1.54, 1.807) is 0 Å². The average molecular weight is 330 g/mol. The molecule has 5 heteroatoms. The third kappa shape index (κ3) is 6.50. The molecule has 5 nitrogen and oxygen atoms in total. The van der Waals surface area contributed by atoms with Crippen LogP contribution >= 0.6 is 0 Å². The summed E-state index contributed by atoms with van der Waals surface area (Å²) in [7, 11) is 0. The summed E-state index contributed by atoms with van der Waals surface area (Å²) in [6, 6.07) is 19.0. The Bertz CT molecular complexity index is 567. The highest BCUT2D eigenvalue weighted by atomic mass is 16.5. The fourth-order valence-corrected chi connectivity index (χ4v) is 2.29. The van der Waals surface area contributed by atoms with E-state index in [0.717, 1.165) is 11.1 Å². The van der Waals surface area contributed by atoms with Crippen molar-refractivity contribution < 1.29 is 24.5 Å². The Kier molecular flexibility index (Phi) is 6.93. The third-order valence-electron chi connectivity index (χ3n) is 3.44. The van der Waals surface area contributed by atoms with Gasteiger partial charge in [-0.2, -0.15) is 0 Å². The highest BCUT2D eigenvalue weighted by Gasteiger charge is 2.31. The van der Waals surface area contributed by atoms with E-state index >= 15 is 0 Å². The van der Waals surface area contributed by atoms with Crippen molar-refractivity contribution in [1.82, 2.24) is 0 Å². The van der Waals surface area contributed by atoms with Crippen LogP contribution in [-0.4, -0.2) is 35.0 Å². The van der Waals surface area contributed by atoms with E-state index in [2.05, 4.69) is 0 Å². The van der Waals surface area contributed by atoms with Gasteiger partial charge in [0, 0.05) is 0 Å². The molecule has 0 radical (unpaired) electrons. The molecule has 24 heavy (non-hydrogen) atoms. The number of carbonyl (C=O) groups is 1. The van der Waals surface area contributed by atoms with Crippen LogP contribution in [0.1, 0.15) is 17.5 Å². The highest BCUT2D eigenvalue weighted by Crippen LogP contribution is 2.15. The summed E-state index contributed by atoms with van der Waals surface area (Å²) >= 11 is 0. The smallest absolute Gasteiger partial charge is 0.306 e. The van der Waals surface area contributed by atoms with Crippen LogP contribution in [0, 0.1) is 0 Å². The van der Waals surface area contributed by atoms with Gasteiger partial charge in [0.15, 0.2) is 0 Å². The lowest BCUT2D eigenvalue weighted by Gasteiger charge is -2.26. The van der Waals surface area contributed by atoms with E-state index in [-0.39, 0.29) is 13.2 Å². The number of aliphatic carboxylic acids is 1. The van der Waals surface area contributed by atoms with Gasteiger partial charge in [0.1, 0.15) is 5.60 Å². The van der Waals surface area contributed by atoms with Crippen molar-refractivity contribution in [1.29, 1.82) is 0 Å². The lowest BCUT2D eigenvalue weighted by atomic mass is 10.0. The molecule has 0 bridgehead atoms. The minimum Gasteiger partial charge on any atom is -0.481 e. The van der Waals surface area contributed by atoms with Crippen LogP contribution < -0.4 is 0 Å². The van der Waals surface area contributed by atoms with E-state index in [0.29, 0.717) is 13.2 Å². The van der Waals surface area contributed by atoms with Crippen LogP contribution in [0.3, 0.4) is 0 Å². The number of carboxylic acids is 1. The molecular formula is C19H22O5. The number of ether oxygens (including phenoxy) is 2. The number of carboxylic acid groups (broad SMARTS) is 1. The maximum atomic E-state index is 11.0. The van der Waals surface area contributed by atoms with Crippen molar-refractivity contribution >= 4 is 5.97 Å². The lowest BCUT2D eigenvalue weighted by Crippen LogP contribution is -2.41. The molecule has 0 aliphatic carbocycles. The van der Waals surface area contributed by atoms with Crippen molar-refractivity contribution in [3.05, 3.63) is 71.8 Å². The molecule has 0 saturated heterocycles. The molecule has 0 atom stereocenters. The summed E-state index contributed by atoms with van der Waals surface area (Å²) < 4.78 is 11.0. The predicted molar refractivity (Wildman–Crippen MR) is 89.4 cm³/mol. The Hall–Kier alpha value is -2.21. The van der Waals surface area contributed by atoms with E-state index in [4.69, 9.17) is 14.6 Å². The molecule has 128 valence electrons. The van der Waals surface area contributed by atoms with Gasteiger partial charge in [-0.25, -0.2) is 0 Å². The monoisotopic (exact) mass is 330 g/mol. The predicted octanol–water partition coefficient (Wildman–Crippen LogP) is 2.63. The van der Waals surface area contributed by atoms with Crippen LogP contribution in [0.5, 0.6) is 0 Å². The van der Waals surface area contributed by atoms with Crippen molar-refractivity contribution in [2.75, 3.05) is 13.2 Å². The first-order chi connectivity index (χ1) is 11.6. The van der Waals surface area contributed by atoms with Gasteiger partial charge < -0.3 is 19.7 Å². The molecule has 2 rings (SSSR count). The molecule has 0 spiro atoms. The molecule has 0 aromatic heterocycles. The zero-order valence-corrected chi connectivity index (χ0v) is 13.4. The van der Waals surface area contributed by atoms with Crippen molar-refractivity contribution in [2.45, 2.75) is 25.2 Å². The van der Waals surface area contributed by atoms with Gasteiger partial charge in [-0.1, -0.05) is 60.7 Å². The minimum absolute atomic E-state index is 0.108. The number of hydrogen-bond donors (Lipinski definition) is 2.